The summed E-state index contributed by atoms with van der Waals surface area (Å²) in [6.07, 6.45) is 1.56. The third-order valence-electron chi connectivity index (χ3n) is 3.84. The fraction of sp³-hybridized carbons (Fsp3) is 0.235. The van der Waals surface area contributed by atoms with Crippen molar-refractivity contribution in [3.05, 3.63) is 63.6 Å². The normalized spacial score (nSPS) is 10.8. The van der Waals surface area contributed by atoms with Crippen LogP contribution in [-0.4, -0.2) is 20.7 Å². The lowest BCUT2D eigenvalue weighted by atomic mass is 10.2. The Morgan fingerprint density at radius 2 is 2.00 bits per heavy atom. The monoisotopic (exact) mass is 344 g/mol. The second kappa shape index (κ2) is 6.52. The summed E-state index contributed by atoms with van der Waals surface area (Å²) >= 11 is 1.53. The Bertz CT molecular complexity index is 869. The van der Waals surface area contributed by atoms with Gasteiger partial charge in [0.15, 0.2) is 0 Å². The molecule has 0 N–H and O–H groups in total. The van der Waals surface area contributed by atoms with E-state index < -0.39 is 0 Å². The number of halogens is 1. The van der Waals surface area contributed by atoms with E-state index in [2.05, 4.69) is 10.1 Å². The molecule has 0 saturated carbocycles. The number of carbonyl (C=O) groups excluding carboxylic acids is 1. The molecule has 1 amide bonds. The summed E-state index contributed by atoms with van der Waals surface area (Å²) in [5.41, 5.74) is 2.72. The molecule has 0 fully saturated rings. The van der Waals surface area contributed by atoms with Crippen molar-refractivity contribution in [2.24, 2.45) is 7.05 Å². The maximum atomic E-state index is 13.2. The number of thiazole rings is 1. The minimum Gasteiger partial charge on any atom is -0.302 e. The summed E-state index contributed by atoms with van der Waals surface area (Å²) < 4.78 is 14.9. The lowest BCUT2D eigenvalue weighted by Crippen LogP contribution is -2.31. The van der Waals surface area contributed by atoms with Crippen LogP contribution >= 0.6 is 11.3 Å². The second-order valence-corrected chi connectivity index (χ2v) is 6.56. The van der Waals surface area contributed by atoms with Crippen LogP contribution in [0.1, 0.15) is 26.8 Å². The van der Waals surface area contributed by atoms with Gasteiger partial charge in [0, 0.05) is 23.8 Å². The number of hydrogen-bond donors (Lipinski definition) is 0. The molecule has 2 aromatic heterocycles. The van der Waals surface area contributed by atoms with Crippen molar-refractivity contribution in [2.45, 2.75) is 20.4 Å². The SMILES string of the molecule is Cc1nc(CN(C(=O)c2cnn(C)c2C)c2ccc(F)cc2)cs1. The molecule has 0 bridgehead atoms. The molecular formula is C17H17FN4OS. The third-order valence-corrected chi connectivity index (χ3v) is 4.66. The van der Waals surface area contributed by atoms with Gasteiger partial charge >= 0.3 is 0 Å². The van der Waals surface area contributed by atoms with Crippen molar-refractivity contribution in [1.29, 1.82) is 0 Å². The van der Waals surface area contributed by atoms with E-state index in [0.717, 1.165) is 16.4 Å². The number of nitrogens with zero attached hydrogens (tertiary/aromatic N) is 4. The first-order valence-electron chi connectivity index (χ1n) is 7.42. The van der Waals surface area contributed by atoms with Crippen LogP contribution in [0.4, 0.5) is 10.1 Å². The minimum absolute atomic E-state index is 0.183. The van der Waals surface area contributed by atoms with Gasteiger partial charge in [-0.25, -0.2) is 9.37 Å². The molecule has 0 aliphatic carbocycles. The van der Waals surface area contributed by atoms with Gasteiger partial charge < -0.3 is 4.90 Å². The van der Waals surface area contributed by atoms with Crippen molar-refractivity contribution >= 4 is 22.9 Å². The molecule has 0 spiro atoms. The highest BCUT2D eigenvalue weighted by Gasteiger charge is 2.22. The van der Waals surface area contributed by atoms with E-state index >= 15 is 0 Å². The Kier molecular flexibility index (Phi) is 4.44. The van der Waals surface area contributed by atoms with E-state index in [1.807, 2.05) is 19.2 Å². The predicted molar refractivity (Wildman–Crippen MR) is 91.7 cm³/mol. The van der Waals surface area contributed by atoms with Crippen molar-refractivity contribution < 1.29 is 9.18 Å². The number of hydrogen-bond acceptors (Lipinski definition) is 4. The Morgan fingerprint density at radius 3 is 2.54 bits per heavy atom. The Labute approximate surface area is 143 Å². The summed E-state index contributed by atoms with van der Waals surface area (Å²) in [5.74, 6) is -0.522. The molecule has 0 saturated heterocycles. The maximum absolute atomic E-state index is 13.2. The highest BCUT2D eigenvalue weighted by Crippen LogP contribution is 2.22. The van der Waals surface area contributed by atoms with Gasteiger partial charge in [-0.3, -0.25) is 9.48 Å². The fourth-order valence-electron chi connectivity index (χ4n) is 2.40. The molecule has 7 heteroatoms. The minimum atomic E-state index is -0.340. The Morgan fingerprint density at radius 1 is 1.29 bits per heavy atom. The van der Waals surface area contributed by atoms with Gasteiger partial charge in [0.2, 0.25) is 0 Å². The molecule has 2 heterocycles. The molecule has 0 radical (unpaired) electrons. The summed E-state index contributed by atoms with van der Waals surface area (Å²) in [4.78, 5) is 19.1. The molecule has 3 rings (SSSR count). The first kappa shape index (κ1) is 16.3. The fourth-order valence-corrected chi connectivity index (χ4v) is 3.00. The molecule has 0 unspecified atom stereocenters. The molecule has 5 nitrogen and oxygen atoms in total. The van der Waals surface area contributed by atoms with E-state index in [4.69, 9.17) is 0 Å². The van der Waals surface area contributed by atoms with Gasteiger partial charge in [-0.1, -0.05) is 0 Å². The van der Waals surface area contributed by atoms with Crippen molar-refractivity contribution in [2.75, 3.05) is 4.90 Å². The third kappa shape index (κ3) is 3.21. The lowest BCUT2D eigenvalue weighted by molar-refractivity contribution is 0.0984. The van der Waals surface area contributed by atoms with E-state index in [0.29, 0.717) is 17.8 Å². The summed E-state index contributed by atoms with van der Waals surface area (Å²) in [6, 6.07) is 5.88. The molecule has 24 heavy (non-hydrogen) atoms. The Hall–Kier alpha value is -2.54. The number of rotatable bonds is 4. The standard InChI is InChI=1S/C17H17FN4OS/c1-11-16(8-19-21(11)3)17(23)22(9-14-10-24-12(2)20-14)15-6-4-13(18)5-7-15/h4-8,10H,9H2,1-3H3. The predicted octanol–water partition coefficient (Wildman–Crippen LogP) is 3.48. The summed E-state index contributed by atoms with van der Waals surface area (Å²) in [5, 5.41) is 7.00. The first-order valence-corrected chi connectivity index (χ1v) is 8.30. The van der Waals surface area contributed by atoms with Crippen LogP contribution in [0, 0.1) is 19.7 Å². The average Bonchev–Trinajstić information content (AvgIpc) is 3.12. The number of aromatic nitrogens is 3. The highest BCUT2D eigenvalue weighted by molar-refractivity contribution is 7.09. The van der Waals surface area contributed by atoms with Crippen molar-refractivity contribution in [1.82, 2.24) is 14.8 Å². The van der Waals surface area contributed by atoms with Gasteiger partial charge in [0.25, 0.3) is 5.91 Å². The molecule has 3 aromatic rings. The van der Waals surface area contributed by atoms with Crippen molar-refractivity contribution in [3.63, 3.8) is 0 Å². The van der Waals surface area contributed by atoms with E-state index in [9.17, 15) is 9.18 Å². The van der Waals surface area contributed by atoms with Crippen LogP contribution in [-0.2, 0) is 13.6 Å². The molecule has 1 aromatic carbocycles. The summed E-state index contributed by atoms with van der Waals surface area (Å²) in [7, 11) is 1.79. The average molecular weight is 344 g/mol. The second-order valence-electron chi connectivity index (χ2n) is 5.49. The number of anilines is 1. The Balaban J connectivity index is 1.99. The van der Waals surface area contributed by atoms with Crippen LogP contribution in [0.25, 0.3) is 0 Å². The van der Waals surface area contributed by atoms with Gasteiger partial charge in [0.05, 0.1) is 29.0 Å². The van der Waals surface area contributed by atoms with Crippen LogP contribution in [0.5, 0.6) is 0 Å². The number of amides is 1. The lowest BCUT2D eigenvalue weighted by Gasteiger charge is -2.22. The summed E-state index contributed by atoms with van der Waals surface area (Å²) in [6.45, 7) is 4.09. The zero-order valence-corrected chi connectivity index (χ0v) is 14.5. The van der Waals surface area contributed by atoms with Crippen LogP contribution in [0.3, 0.4) is 0 Å². The van der Waals surface area contributed by atoms with Gasteiger partial charge in [-0.2, -0.15) is 5.10 Å². The van der Waals surface area contributed by atoms with Gasteiger partial charge in [-0.05, 0) is 38.1 Å². The molecule has 124 valence electrons. The van der Waals surface area contributed by atoms with Crippen LogP contribution in [0.2, 0.25) is 0 Å². The van der Waals surface area contributed by atoms with E-state index in [-0.39, 0.29) is 11.7 Å². The number of aryl methyl sites for hydroxylation is 2. The zero-order chi connectivity index (χ0) is 17.3. The largest absolute Gasteiger partial charge is 0.302 e. The van der Waals surface area contributed by atoms with E-state index in [1.54, 1.807) is 35.0 Å². The van der Waals surface area contributed by atoms with E-state index in [1.165, 1.54) is 23.5 Å². The topological polar surface area (TPSA) is 51.0 Å². The van der Waals surface area contributed by atoms with Gasteiger partial charge in [-0.15, -0.1) is 11.3 Å². The quantitative estimate of drug-likeness (QED) is 0.728. The molecule has 0 aliphatic heterocycles. The molecule has 0 atom stereocenters. The maximum Gasteiger partial charge on any atom is 0.262 e. The smallest absolute Gasteiger partial charge is 0.262 e. The molecular weight excluding hydrogens is 327 g/mol. The first-order chi connectivity index (χ1) is 11.5. The zero-order valence-electron chi connectivity index (χ0n) is 13.7. The number of carbonyl (C=O) groups is 1. The number of benzene rings is 1. The van der Waals surface area contributed by atoms with Crippen molar-refractivity contribution in [3.8, 4) is 0 Å². The van der Waals surface area contributed by atoms with Gasteiger partial charge in [0.1, 0.15) is 5.82 Å². The highest BCUT2D eigenvalue weighted by atomic mass is 32.1. The van der Waals surface area contributed by atoms with Crippen LogP contribution in [0.15, 0.2) is 35.8 Å². The molecule has 0 aliphatic rings. The van der Waals surface area contributed by atoms with Crippen LogP contribution < -0.4 is 4.90 Å².